The molecule has 0 bridgehead atoms. The van der Waals surface area contributed by atoms with Crippen LogP contribution in [-0.4, -0.2) is 4.98 Å². The van der Waals surface area contributed by atoms with Crippen molar-refractivity contribution in [1.82, 2.24) is 4.98 Å². The maximum Gasteiger partial charge on any atom is 0.000496 e. The first-order chi connectivity index (χ1) is 2.50. The average molecular weight is 69.1 g/mol. The molecule has 28 valence electrons. The lowest BCUT2D eigenvalue weighted by Crippen LogP contribution is -1.38. The molecule has 0 aliphatic rings. The van der Waals surface area contributed by atoms with Crippen molar-refractivity contribution in [3.63, 3.8) is 0 Å². The summed E-state index contributed by atoms with van der Waals surface area (Å²) in [5, 5.41) is 0. The van der Waals surface area contributed by atoms with Crippen LogP contribution in [0.2, 0.25) is 0 Å². The fourth-order valence-electron chi connectivity index (χ4n) is 0.278. The number of hydrogen-bond acceptors (Lipinski definition) is 0. The topological polar surface area (TPSA) is 15.8 Å². The quantitative estimate of drug-likeness (QED) is 0.472. The van der Waals surface area contributed by atoms with Crippen molar-refractivity contribution in [3.8, 4) is 0 Å². The van der Waals surface area contributed by atoms with Gasteiger partial charge >= 0.3 is 0 Å². The molecule has 0 radical (unpaired) electrons. The molecule has 1 aromatic heterocycles. The summed E-state index contributed by atoms with van der Waals surface area (Å²) in [5.74, 6) is 0. The Labute approximate surface area is 32.1 Å². The SMILES string of the molecule is [HH].c1cc[nH]c1. The summed E-state index contributed by atoms with van der Waals surface area (Å²) in [6, 6.07) is 3.89. The number of rotatable bonds is 0. The second-order valence-electron chi connectivity index (χ2n) is 0.885. The molecule has 0 fully saturated rings. The van der Waals surface area contributed by atoms with Crippen LogP contribution in [0, 0.1) is 0 Å². The zero-order valence-electron chi connectivity index (χ0n) is 2.81. The molecular formula is C4H7N. The van der Waals surface area contributed by atoms with Crippen LogP contribution in [-0.2, 0) is 0 Å². The maximum atomic E-state index is 2.86. The van der Waals surface area contributed by atoms with Crippen molar-refractivity contribution >= 4 is 0 Å². The number of hydrogen-bond donors (Lipinski definition) is 1. The summed E-state index contributed by atoms with van der Waals surface area (Å²) < 4.78 is 0. The highest BCUT2D eigenvalue weighted by molar-refractivity contribution is 4.84. The van der Waals surface area contributed by atoms with Gasteiger partial charge in [0.2, 0.25) is 0 Å². The summed E-state index contributed by atoms with van der Waals surface area (Å²) >= 11 is 0. The van der Waals surface area contributed by atoms with E-state index in [0.29, 0.717) is 0 Å². The van der Waals surface area contributed by atoms with Gasteiger partial charge in [0.25, 0.3) is 0 Å². The van der Waals surface area contributed by atoms with Crippen LogP contribution in [0.15, 0.2) is 24.5 Å². The molecule has 1 heteroatoms. The van der Waals surface area contributed by atoms with E-state index in [0.717, 1.165) is 0 Å². The van der Waals surface area contributed by atoms with Crippen LogP contribution in [0.4, 0.5) is 0 Å². The maximum absolute atomic E-state index is 2.86. The fourth-order valence-corrected chi connectivity index (χ4v) is 0.278. The van der Waals surface area contributed by atoms with Crippen LogP contribution in [0.1, 0.15) is 1.43 Å². The van der Waals surface area contributed by atoms with Gasteiger partial charge in [-0.2, -0.15) is 0 Å². The molecule has 0 saturated heterocycles. The van der Waals surface area contributed by atoms with Crippen molar-refractivity contribution in [3.05, 3.63) is 24.5 Å². The third-order valence-electron chi connectivity index (χ3n) is 0.496. The van der Waals surface area contributed by atoms with Crippen LogP contribution in [0.3, 0.4) is 0 Å². The molecule has 1 N–H and O–H groups in total. The van der Waals surface area contributed by atoms with Crippen molar-refractivity contribution in [1.29, 1.82) is 0 Å². The van der Waals surface area contributed by atoms with Crippen molar-refractivity contribution < 1.29 is 1.43 Å². The highest BCUT2D eigenvalue weighted by atomic mass is 14.6. The molecule has 0 unspecified atom stereocenters. The first-order valence-electron chi connectivity index (χ1n) is 1.58. The summed E-state index contributed by atoms with van der Waals surface area (Å²) in [4.78, 5) is 2.86. The zero-order valence-corrected chi connectivity index (χ0v) is 2.81. The molecule has 0 aliphatic carbocycles. The van der Waals surface area contributed by atoms with Gasteiger partial charge in [-0.05, 0) is 12.1 Å². The number of aromatic nitrogens is 1. The van der Waals surface area contributed by atoms with E-state index in [1.54, 1.807) is 0 Å². The van der Waals surface area contributed by atoms with Gasteiger partial charge in [0.1, 0.15) is 0 Å². The molecule has 0 aromatic carbocycles. The highest BCUT2D eigenvalue weighted by Gasteiger charge is 1.55. The lowest BCUT2D eigenvalue weighted by atomic mass is 10.7. The molecule has 5 heavy (non-hydrogen) atoms. The molecule has 0 saturated carbocycles. The van der Waals surface area contributed by atoms with Crippen LogP contribution in [0.25, 0.3) is 0 Å². The minimum atomic E-state index is 0. The van der Waals surface area contributed by atoms with Gasteiger partial charge in [0, 0.05) is 13.8 Å². The summed E-state index contributed by atoms with van der Waals surface area (Å²) in [6.07, 6.45) is 3.75. The van der Waals surface area contributed by atoms with Gasteiger partial charge in [-0.25, -0.2) is 0 Å². The Morgan fingerprint density at radius 2 is 1.80 bits per heavy atom. The molecule has 1 rings (SSSR count). The lowest BCUT2D eigenvalue weighted by Gasteiger charge is -1.49. The minimum absolute atomic E-state index is 0. The Hall–Kier alpha value is -0.720. The standard InChI is InChI=1S/C4H5N.H2/c1-2-4-5-3-1;/h1-5H;1H. The zero-order chi connectivity index (χ0) is 3.54. The largest absolute Gasteiger partial charge is 0.368 e. The lowest BCUT2D eigenvalue weighted by molar-refractivity contribution is 1.42. The Kier molecular flexibility index (Phi) is 0.468. The summed E-state index contributed by atoms with van der Waals surface area (Å²) in [5.41, 5.74) is 0. The third-order valence-corrected chi connectivity index (χ3v) is 0.496. The predicted molar refractivity (Wildman–Crippen MR) is 22.9 cm³/mol. The van der Waals surface area contributed by atoms with E-state index < -0.39 is 0 Å². The molecule has 1 heterocycles. The smallest absolute Gasteiger partial charge is 0.000496 e. The Morgan fingerprint density at radius 3 is 2.00 bits per heavy atom. The normalized spacial score (nSPS) is 8.00. The second-order valence-corrected chi connectivity index (χ2v) is 0.885. The molecule has 1 aromatic rings. The fraction of sp³-hybridized carbons (Fsp3) is 0. The van der Waals surface area contributed by atoms with E-state index in [2.05, 4.69) is 4.98 Å². The molecule has 0 aliphatic heterocycles. The summed E-state index contributed by atoms with van der Waals surface area (Å²) in [6.45, 7) is 0. The first-order valence-corrected chi connectivity index (χ1v) is 1.58. The van der Waals surface area contributed by atoms with Crippen molar-refractivity contribution in [2.75, 3.05) is 0 Å². The van der Waals surface area contributed by atoms with E-state index in [1.807, 2.05) is 24.5 Å². The van der Waals surface area contributed by atoms with Crippen LogP contribution < -0.4 is 0 Å². The Bertz CT molecular complexity index is 64.0. The molecular weight excluding hydrogens is 62.1 g/mol. The van der Waals surface area contributed by atoms with Gasteiger partial charge in [0.05, 0.1) is 0 Å². The summed E-state index contributed by atoms with van der Waals surface area (Å²) in [7, 11) is 0. The minimum Gasteiger partial charge on any atom is -0.368 e. The number of aromatic amines is 1. The van der Waals surface area contributed by atoms with E-state index in [-0.39, 0.29) is 1.43 Å². The van der Waals surface area contributed by atoms with Crippen molar-refractivity contribution in [2.45, 2.75) is 0 Å². The second kappa shape index (κ2) is 0.931. The van der Waals surface area contributed by atoms with E-state index in [1.165, 1.54) is 0 Å². The molecule has 0 atom stereocenters. The van der Waals surface area contributed by atoms with Gasteiger partial charge in [-0.3, -0.25) is 0 Å². The van der Waals surface area contributed by atoms with E-state index >= 15 is 0 Å². The molecule has 0 spiro atoms. The average Bonchev–Trinajstić information content (AvgIpc) is 1.76. The Balaban J connectivity index is 0.000000250. The number of nitrogens with one attached hydrogen (secondary N) is 1. The van der Waals surface area contributed by atoms with Gasteiger partial charge in [0.15, 0.2) is 0 Å². The number of H-pyrrole nitrogens is 1. The predicted octanol–water partition coefficient (Wildman–Crippen LogP) is 1.26. The Morgan fingerprint density at radius 1 is 1.20 bits per heavy atom. The van der Waals surface area contributed by atoms with Crippen LogP contribution in [0.5, 0.6) is 0 Å². The van der Waals surface area contributed by atoms with Gasteiger partial charge < -0.3 is 4.98 Å². The van der Waals surface area contributed by atoms with E-state index in [4.69, 9.17) is 0 Å². The van der Waals surface area contributed by atoms with Gasteiger partial charge in [-0.15, -0.1) is 0 Å². The van der Waals surface area contributed by atoms with Gasteiger partial charge in [-0.1, -0.05) is 0 Å². The van der Waals surface area contributed by atoms with Crippen molar-refractivity contribution in [2.24, 2.45) is 0 Å². The highest BCUT2D eigenvalue weighted by Crippen LogP contribution is 1.72. The molecule has 1 nitrogen and oxygen atoms in total. The third kappa shape index (κ3) is 0.293. The monoisotopic (exact) mass is 69.1 g/mol. The van der Waals surface area contributed by atoms with Crippen LogP contribution >= 0.6 is 0 Å². The first kappa shape index (κ1) is 2.51. The van der Waals surface area contributed by atoms with E-state index in [9.17, 15) is 0 Å². The molecule has 0 amide bonds.